The lowest BCUT2D eigenvalue weighted by molar-refractivity contribution is -0.128. The fourth-order valence-corrected chi connectivity index (χ4v) is 2.42. The molecule has 20 heavy (non-hydrogen) atoms. The van der Waals surface area contributed by atoms with Crippen LogP contribution in [-0.4, -0.2) is 33.0 Å². The SMILES string of the molecule is Cc1nn(C)c(C)c1C1=NN(CCC(C)(C)C)C(=O)C1. The van der Waals surface area contributed by atoms with Gasteiger partial charge in [-0.1, -0.05) is 20.8 Å². The predicted molar refractivity (Wildman–Crippen MR) is 79.6 cm³/mol. The first-order valence-corrected chi connectivity index (χ1v) is 7.07. The summed E-state index contributed by atoms with van der Waals surface area (Å²) in [5.74, 6) is 0.0897. The van der Waals surface area contributed by atoms with Crippen molar-refractivity contribution in [3.05, 3.63) is 17.0 Å². The Hall–Kier alpha value is -1.65. The van der Waals surface area contributed by atoms with E-state index in [1.807, 2.05) is 25.6 Å². The maximum Gasteiger partial charge on any atom is 0.248 e. The monoisotopic (exact) mass is 276 g/mol. The third kappa shape index (κ3) is 2.92. The molecule has 1 aliphatic rings. The van der Waals surface area contributed by atoms with E-state index in [9.17, 15) is 4.79 Å². The van der Waals surface area contributed by atoms with Crippen LogP contribution < -0.4 is 0 Å². The largest absolute Gasteiger partial charge is 0.273 e. The van der Waals surface area contributed by atoms with E-state index in [4.69, 9.17) is 0 Å². The standard InChI is InChI=1S/C15H24N4O/c1-10-14(11(2)18(6)16-10)12-9-13(20)19(17-12)8-7-15(3,4)5/h7-9H2,1-6H3. The molecule has 0 N–H and O–H groups in total. The lowest BCUT2D eigenvalue weighted by atomic mass is 9.92. The van der Waals surface area contributed by atoms with Gasteiger partial charge in [-0.3, -0.25) is 9.48 Å². The van der Waals surface area contributed by atoms with Crippen LogP contribution in [0.1, 0.15) is 50.6 Å². The molecule has 0 aliphatic carbocycles. The van der Waals surface area contributed by atoms with Gasteiger partial charge >= 0.3 is 0 Å². The van der Waals surface area contributed by atoms with Crippen LogP contribution in [0.15, 0.2) is 5.10 Å². The maximum absolute atomic E-state index is 12.1. The highest BCUT2D eigenvalue weighted by Gasteiger charge is 2.28. The Kier molecular flexibility index (Phi) is 3.71. The van der Waals surface area contributed by atoms with Crippen LogP contribution in [0.2, 0.25) is 0 Å². The van der Waals surface area contributed by atoms with Gasteiger partial charge in [0, 0.05) is 24.8 Å². The lowest BCUT2D eigenvalue weighted by Crippen LogP contribution is -2.25. The minimum Gasteiger partial charge on any atom is -0.273 e. The third-order valence-corrected chi connectivity index (χ3v) is 3.72. The molecule has 1 aromatic heterocycles. The number of hydrogen-bond donors (Lipinski definition) is 0. The summed E-state index contributed by atoms with van der Waals surface area (Å²) in [5.41, 5.74) is 4.09. The average molecular weight is 276 g/mol. The molecule has 0 spiro atoms. The van der Waals surface area contributed by atoms with E-state index in [1.54, 1.807) is 5.01 Å². The van der Waals surface area contributed by atoms with Gasteiger partial charge in [-0.25, -0.2) is 5.01 Å². The Morgan fingerprint density at radius 3 is 2.40 bits per heavy atom. The number of amides is 1. The van der Waals surface area contributed by atoms with Gasteiger partial charge in [0.25, 0.3) is 0 Å². The lowest BCUT2D eigenvalue weighted by Gasteiger charge is -2.20. The molecule has 0 bridgehead atoms. The molecule has 110 valence electrons. The van der Waals surface area contributed by atoms with Crippen molar-refractivity contribution in [2.24, 2.45) is 17.6 Å². The fourth-order valence-electron chi connectivity index (χ4n) is 2.42. The Morgan fingerprint density at radius 2 is 1.90 bits per heavy atom. The van der Waals surface area contributed by atoms with Crippen molar-refractivity contribution in [3.8, 4) is 0 Å². The van der Waals surface area contributed by atoms with E-state index in [-0.39, 0.29) is 11.3 Å². The molecule has 5 nitrogen and oxygen atoms in total. The van der Waals surface area contributed by atoms with Crippen LogP contribution in [0.5, 0.6) is 0 Å². The summed E-state index contributed by atoms with van der Waals surface area (Å²) < 4.78 is 1.84. The summed E-state index contributed by atoms with van der Waals surface area (Å²) in [5, 5.41) is 10.5. The zero-order chi connectivity index (χ0) is 15.1. The van der Waals surface area contributed by atoms with Crippen molar-refractivity contribution in [2.45, 2.75) is 47.5 Å². The predicted octanol–water partition coefficient (Wildman–Crippen LogP) is 2.41. The molecule has 0 saturated carbocycles. The number of hydrazone groups is 1. The van der Waals surface area contributed by atoms with Crippen LogP contribution in [0.4, 0.5) is 0 Å². The smallest absolute Gasteiger partial charge is 0.248 e. The quantitative estimate of drug-likeness (QED) is 0.851. The van der Waals surface area contributed by atoms with Gasteiger partial charge in [0.1, 0.15) is 0 Å². The van der Waals surface area contributed by atoms with Crippen LogP contribution >= 0.6 is 0 Å². The van der Waals surface area contributed by atoms with E-state index in [0.29, 0.717) is 13.0 Å². The highest BCUT2D eigenvalue weighted by molar-refractivity contribution is 6.14. The Balaban J connectivity index is 2.20. The molecule has 5 heteroatoms. The van der Waals surface area contributed by atoms with Gasteiger partial charge in [0.15, 0.2) is 0 Å². The minimum absolute atomic E-state index is 0.0897. The van der Waals surface area contributed by atoms with Crippen LogP contribution in [0, 0.1) is 19.3 Å². The van der Waals surface area contributed by atoms with E-state index in [0.717, 1.165) is 29.1 Å². The number of nitrogens with zero attached hydrogens (tertiary/aromatic N) is 4. The summed E-state index contributed by atoms with van der Waals surface area (Å²) in [6.45, 7) is 11.2. The van der Waals surface area contributed by atoms with Crippen molar-refractivity contribution in [1.29, 1.82) is 0 Å². The van der Waals surface area contributed by atoms with Gasteiger partial charge in [0.2, 0.25) is 5.91 Å². The molecule has 1 aromatic rings. The zero-order valence-electron chi connectivity index (χ0n) is 13.3. The highest BCUT2D eigenvalue weighted by Crippen LogP contribution is 2.24. The molecular formula is C15H24N4O. The molecular weight excluding hydrogens is 252 g/mol. The maximum atomic E-state index is 12.1. The first kappa shape index (κ1) is 14.8. The van der Waals surface area contributed by atoms with Crippen molar-refractivity contribution in [3.63, 3.8) is 0 Å². The van der Waals surface area contributed by atoms with E-state index >= 15 is 0 Å². The van der Waals surface area contributed by atoms with Crippen molar-refractivity contribution in [2.75, 3.05) is 6.54 Å². The fraction of sp³-hybridized carbons (Fsp3) is 0.667. The minimum atomic E-state index is 0.0897. The first-order valence-electron chi connectivity index (χ1n) is 7.07. The summed E-state index contributed by atoms with van der Waals surface area (Å²) in [7, 11) is 1.92. The molecule has 0 saturated heterocycles. The number of carbonyl (C=O) groups excluding carboxylic acids is 1. The van der Waals surface area contributed by atoms with Gasteiger partial charge in [-0.15, -0.1) is 0 Å². The van der Waals surface area contributed by atoms with E-state index < -0.39 is 0 Å². The highest BCUT2D eigenvalue weighted by atomic mass is 16.2. The van der Waals surface area contributed by atoms with Crippen LogP contribution in [-0.2, 0) is 11.8 Å². The van der Waals surface area contributed by atoms with Crippen molar-refractivity contribution in [1.82, 2.24) is 14.8 Å². The van der Waals surface area contributed by atoms with Crippen molar-refractivity contribution < 1.29 is 4.79 Å². The zero-order valence-corrected chi connectivity index (χ0v) is 13.3. The second kappa shape index (κ2) is 5.04. The normalized spacial score (nSPS) is 16.0. The number of carbonyl (C=O) groups is 1. The molecule has 0 radical (unpaired) electrons. The van der Waals surface area contributed by atoms with E-state index in [1.165, 1.54) is 0 Å². The topological polar surface area (TPSA) is 50.5 Å². The Labute approximate surface area is 120 Å². The average Bonchev–Trinajstić information content (AvgIpc) is 2.77. The van der Waals surface area contributed by atoms with Gasteiger partial charge in [-0.2, -0.15) is 10.2 Å². The Morgan fingerprint density at radius 1 is 1.25 bits per heavy atom. The summed E-state index contributed by atoms with van der Waals surface area (Å²) in [6.07, 6.45) is 1.33. The number of aromatic nitrogens is 2. The van der Waals surface area contributed by atoms with Crippen molar-refractivity contribution >= 4 is 11.6 Å². The molecule has 0 fully saturated rings. The molecule has 0 aromatic carbocycles. The molecule has 1 amide bonds. The number of hydrogen-bond acceptors (Lipinski definition) is 3. The first-order chi connectivity index (χ1) is 9.19. The summed E-state index contributed by atoms with van der Waals surface area (Å²) in [4.78, 5) is 12.1. The molecule has 2 rings (SSSR count). The third-order valence-electron chi connectivity index (χ3n) is 3.72. The number of aryl methyl sites for hydroxylation is 2. The van der Waals surface area contributed by atoms with E-state index in [2.05, 4.69) is 31.0 Å². The summed E-state index contributed by atoms with van der Waals surface area (Å²) >= 11 is 0. The molecule has 1 aliphatic heterocycles. The van der Waals surface area contributed by atoms with Gasteiger partial charge in [0.05, 0.1) is 17.8 Å². The van der Waals surface area contributed by atoms with Gasteiger partial charge in [-0.05, 0) is 25.7 Å². The summed E-state index contributed by atoms with van der Waals surface area (Å²) in [6, 6.07) is 0. The molecule has 2 heterocycles. The number of rotatable bonds is 3. The molecule has 0 atom stereocenters. The van der Waals surface area contributed by atoms with Crippen LogP contribution in [0.3, 0.4) is 0 Å². The second-order valence-corrected chi connectivity index (χ2v) is 6.72. The Bertz CT molecular complexity index is 563. The van der Waals surface area contributed by atoms with Gasteiger partial charge < -0.3 is 0 Å². The van der Waals surface area contributed by atoms with Crippen LogP contribution in [0.25, 0.3) is 0 Å². The molecule has 0 unspecified atom stereocenters. The second-order valence-electron chi connectivity index (χ2n) is 6.72.